The second kappa shape index (κ2) is 4.80. The Bertz CT molecular complexity index is 529. The van der Waals surface area contributed by atoms with Gasteiger partial charge in [-0.3, -0.25) is 0 Å². The highest BCUT2D eigenvalue weighted by Gasteiger charge is 2.09. The highest BCUT2D eigenvalue weighted by Crippen LogP contribution is 2.26. The van der Waals surface area contributed by atoms with Crippen LogP contribution in [0.4, 0.5) is 0 Å². The molecule has 1 aromatic heterocycles. The number of hydrogen-bond donors (Lipinski definition) is 1. The average Bonchev–Trinajstić information content (AvgIpc) is 2.58. The van der Waals surface area contributed by atoms with Gasteiger partial charge in [0.05, 0.1) is 16.4 Å². The summed E-state index contributed by atoms with van der Waals surface area (Å²) in [6.45, 7) is 3.83. The molecule has 17 heavy (non-hydrogen) atoms. The van der Waals surface area contributed by atoms with Crippen LogP contribution in [-0.4, -0.2) is 9.78 Å². The van der Waals surface area contributed by atoms with E-state index in [9.17, 15) is 0 Å². The minimum Gasteiger partial charge on any atom is -0.324 e. The number of halogens is 2. The maximum atomic E-state index is 5.99. The number of nitrogens with zero attached hydrogens (tertiary/aromatic N) is 2. The van der Waals surface area contributed by atoms with Crippen LogP contribution in [0, 0.1) is 6.92 Å². The van der Waals surface area contributed by atoms with Crippen molar-refractivity contribution < 1.29 is 0 Å². The predicted molar refractivity (Wildman–Crippen MR) is 73.6 cm³/mol. The van der Waals surface area contributed by atoms with Crippen LogP contribution in [0.15, 0.2) is 28.9 Å². The number of nitrogens with two attached hydrogens (primary N) is 1. The van der Waals surface area contributed by atoms with Gasteiger partial charge in [-0.05, 0) is 47.5 Å². The molecule has 3 nitrogen and oxygen atoms in total. The molecule has 1 heterocycles. The molecule has 0 amide bonds. The van der Waals surface area contributed by atoms with E-state index in [0.29, 0.717) is 5.02 Å². The van der Waals surface area contributed by atoms with Crippen molar-refractivity contribution in [1.82, 2.24) is 9.78 Å². The Labute approximate surface area is 114 Å². The molecule has 2 rings (SSSR count). The molecule has 0 aliphatic rings. The first-order valence-corrected chi connectivity index (χ1v) is 6.43. The van der Waals surface area contributed by atoms with E-state index < -0.39 is 0 Å². The molecule has 1 unspecified atom stereocenters. The van der Waals surface area contributed by atoms with Crippen LogP contribution in [0.5, 0.6) is 0 Å². The summed E-state index contributed by atoms with van der Waals surface area (Å²) in [5.74, 6) is 0. The average molecular weight is 315 g/mol. The van der Waals surface area contributed by atoms with E-state index in [0.717, 1.165) is 21.4 Å². The minimum absolute atomic E-state index is 0.0169. The Hall–Kier alpha value is -0.840. The van der Waals surface area contributed by atoms with Crippen LogP contribution in [0.2, 0.25) is 5.02 Å². The highest BCUT2D eigenvalue weighted by atomic mass is 79.9. The van der Waals surface area contributed by atoms with E-state index >= 15 is 0 Å². The summed E-state index contributed by atoms with van der Waals surface area (Å²) in [5, 5.41) is 5.00. The highest BCUT2D eigenvalue weighted by molar-refractivity contribution is 9.10. The van der Waals surface area contributed by atoms with Gasteiger partial charge in [-0.1, -0.05) is 17.7 Å². The second-order valence-electron chi connectivity index (χ2n) is 4.01. The fourth-order valence-electron chi connectivity index (χ4n) is 1.55. The lowest BCUT2D eigenvalue weighted by atomic mass is 10.1. The maximum Gasteiger partial charge on any atom is 0.0819 e. The van der Waals surface area contributed by atoms with Gasteiger partial charge in [0.15, 0.2) is 0 Å². The second-order valence-corrected chi connectivity index (χ2v) is 5.27. The zero-order valence-electron chi connectivity index (χ0n) is 9.61. The topological polar surface area (TPSA) is 43.8 Å². The lowest BCUT2D eigenvalue weighted by Gasteiger charge is -2.09. The van der Waals surface area contributed by atoms with Gasteiger partial charge >= 0.3 is 0 Å². The van der Waals surface area contributed by atoms with Crippen molar-refractivity contribution in [3.8, 4) is 5.69 Å². The summed E-state index contributed by atoms with van der Waals surface area (Å²) in [4.78, 5) is 0. The van der Waals surface area contributed by atoms with Crippen LogP contribution in [0.3, 0.4) is 0 Å². The Morgan fingerprint density at radius 3 is 2.65 bits per heavy atom. The summed E-state index contributed by atoms with van der Waals surface area (Å²) in [6, 6.07) is 6.00. The largest absolute Gasteiger partial charge is 0.324 e. The molecular weight excluding hydrogens is 302 g/mol. The van der Waals surface area contributed by atoms with Crippen molar-refractivity contribution in [2.24, 2.45) is 5.73 Å². The zero-order valence-corrected chi connectivity index (χ0v) is 12.0. The molecule has 2 aromatic rings. The van der Waals surface area contributed by atoms with Crippen LogP contribution >= 0.6 is 27.5 Å². The van der Waals surface area contributed by atoms with Gasteiger partial charge in [0.25, 0.3) is 0 Å². The van der Waals surface area contributed by atoms with Gasteiger partial charge in [-0.2, -0.15) is 5.10 Å². The molecule has 1 aromatic carbocycles. The van der Waals surface area contributed by atoms with Gasteiger partial charge in [0, 0.05) is 16.7 Å². The molecule has 90 valence electrons. The molecule has 0 aliphatic carbocycles. The molecule has 2 N–H and O–H groups in total. The number of benzene rings is 1. The first-order chi connectivity index (χ1) is 7.99. The first kappa shape index (κ1) is 12.6. The molecule has 0 radical (unpaired) electrons. The van der Waals surface area contributed by atoms with Gasteiger partial charge in [-0.25, -0.2) is 4.68 Å². The monoisotopic (exact) mass is 313 g/mol. The summed E-state index contributed by atoms with van der Waals surface area (Å²) in [5.41, 5.74) is 8.68. The SMILES string of the molecule is Cc1nn(-c2ccc(C(C)N)cc2Br)cc1Cl. The van der Waals surface area contributed by atoms with Crippen LogP contribution in [0.1, 0.15) is 24.2 Å². The Morgan fingerprint density at radius 2 is 2.18 bits per heavy atom. The molecule has 5 heteroatoms. The number of rotatable bonds is 2. The van der Waals surface area contributed by atoms with Gasteiger partial charge in [0.1, 0.15) is 0 Å². The molecule has 0 aliphatic heterocycles. The third-order valence-corrected chi connectivity index (χ3v) is 3.59. The quantitative estimate of drug-likeness (QED) is 0.920. The Morgan fingerprint density at radius 1 is 1.47 bits per heavy atom. The lowest BCUT2D eigenvalue weighted by molar-refractivity contribution is 0.811. The fourth-order valence-corrected chi connectivity index (χ4v) is 2.26. The van der Waals surface area contributed by atoms with E-state index in [4.69, 9.17) is 17.3 Å². The Kier molecular flexibility index (Phi) is 3.56. The third kappa shape index (κ3) is 2.54. The summed E-state index contributed by atoms with van der Waals surface area (Å²) < 4.78 is 2.71. The van der Waals surface area contributed by atoms with Crippen molar-refractivity contribution in [3.05, 3.63) is 45.1 Å². The normalized spacial score (nSPS) is 12.8. The van der Waals surface area contributed by atoms with Crippen molar-refractivity contribution >= 4 is 27.5 Å². The first-order valence-electron chi connectivity index (χ1n) is 5.26. The van der Waals surface area contributed by atoms with Crippen LogP contribution < -0.4 is 5.73 Å². The van der Waals surface area contributed by atoms with Gasteiger partial charge in [-0.15, -0.1) is 0 Å². The van der Waals surface area contributed by atoms with Crippen LogP contribution in [0.25, 0.3) is 5.69 Å². The maximum absolute atomic E-state index is 5.99. The molecule has 0 saturated carbocycles. The van der Waals surface area contributed by atoms with E-state index in [2.05, 4.69) is 21.0 Å². The van der Waals surface area contributed by atoms with Gasteiger partial charge < -0.3 is 5.73 Å². The molecule has 0 fully saturated rings. The molecule has 0 saturated heterocycles. The molecular formula is C12H13BrClN3. The molecule has 0 spiro atoms. The number of aromatic nitrogens is 2. The number of hydrogen-bond acceptors (Lipinski definition) is 2. The summed E-state index contributed by atoms with van der Waals surface area (Å²) in [6.07, 6.45) is 1.79. The van der Waals surface area contributed by atoms with Crippen LogP contribution in [-0.2, 0) is 0 Å². The summed E-state index contributed by atoms with van der Waals surface area (Å²) in [7, 11) is 0. The van der Waals surface area contributed by atoms with E-state index in [-0.39, 0.29) is 6.04 Å². The van der Waals surface area contributed by atoms with Crippen molar-refractivity contribution in [2.45, 2.75) is 19.9 Å². The zero-order chi connectivity index (χ0) is 12.6. The van der Waals surface area contributed by atoms with Crippen molar-refractivity contribution in [1.29, 1.82) is 0 Å². The predicted octanol–water partition coefficient (Wildman–Crippen LogP) is 3.62. The summed E-state index contributed by atoms with van der Waals surface area (Å²) >= 11 is 9.52. The van der Waals surface area contributed by atoms with E-state index in [1.54, 1.807) is 10.9 Å². The molecule has 1 atom stereocenters. The standard InChI is InChI=1S/C12H13BrClN3/c1-7(15)9-3-4-12(10(13)5-9)17-6-11(14)8(2)16-17/h3-7H,15H2,1-2H3. The van der Waals surface area contributed by atoms with E-state index in [1.165, 1.54) is 0 Å². The smallest absolute Gasteiger partial charge is 0.0819 e. The van der Waals surface area contributed by atoms with Crippen molar-refractivity contribution in [3.63, 3.8) is 0 Å². The van der Waals surface area contributed by atoms with Crippen molar-refractivity contribution in [2.75, 3.05) is 0 Å². The Balaban J connectivity index is 2.46. The molecule has 0 bridgehead atoms. The third-order valence-electron chi connectivity index (χ3n) is 2.58. The minimum atomic E-state index is 0.0169. The van der Waals surface area contributed by atoms with Gasteiger partial charge in [0.2, 0.25) is 0 Å². The fraction of sp³-hybridized carbons (Fsp3) is 0.250. The lowest BCUT2D eigenvalue weighted by Crippen LogP contribution is -2.05. The number of aryl methyl sites for hydroxylation is 1. The van der Waals surface area contributed by atoms with E-state index in [1.807, 2.05) is 32.0 Å².